The third-order valence-electron chi connectivity index (χ3n) is 4.06. The predicted molar refractivity (Wildman–Crippen MR) is 92.5 cm³/mol. The largest absolute Gasteiger partial charge is 0.465 e. The lowest BCUT2D eigenvalue weighted by atomic mass is 10.2. The lowest BCUT2D eigenvalue weighted by Gasteiger charge is -2.26. The van der Waals surface area contributed by atoms with E-state index in [0.29, 0.717) is 18.1 Å². The van der Waals surface area contributed by atoms with Gasteiger partial charge in [0.1, 0.15) is 0 Å². The fourth-order valence-electron chi connectivity index (χ4n) is 1.63. The smallest absolute Gasteiger partial charge is 0.309 e. The highest BCUT2D eigenvalue weighted by molar-refractivity contribution is 7.99. The van der Waals surface area contributed by atoms with E-state index in [1.165, 1.54) is 17.8 Å². The second-order valence-corrected chi connectivity index (χ2v) is 13.4. The average Bonchev–Trinajstić information content (AvgIpc) is 2.42. The summed E-state index contributed by atoms with van der Waals surface area (Å²) in [6, 6.07) is 1.18. The topological polar surface area (TPSA) is 66.8 Å². The molecule has 0 amide bonds. The van der Waals surface area contributed by atoms with Gasteiger partial charge in [-0.3, -0.25) is 4.79 Å². The van der Waals surface area contributed by atoms with Gasteiger partial charge in [0.05, 0.1) is 33.3 Å². The molecule has 0 radical (unpaired) electrons. The van der Waals surface area contributed by atoms with E-state index in [4.69, 9.17) is 9.84 Å². The van der Waals surface area contributed by atoms with Gasteiger partial charge in [0.2, 0.25) is 0 Å². The molecule has 2 unspecified atom stereocenters. The van der Waals surface area contributed by atoms with Crippen LogP contribution in [0.1, 0.15) is 27.2 Å². The van der Waals surface area contributed by atoms with Crippen LogP contribution in [0.5, 0.6) is 0 Å². The molecule has 21 heavy (non-hydrogen) atoms. The number of carbonyl (C=O) groups is 1. The number of aliphatic hydroxyl groups excluding tert-OH is 2. The van der Waals surface area contributed by atoms with Crippen LogP contribution in [0.4, 0.5) is 0 Å². The summed E-state index contributed by atoms with van der Waals surface area (Å²) < 4.78 is 5.32. The van der Waals surface area contributed by atoms with Gasteiger partial charge in [-0.15, -0.1) is 0 Å². The van der Waals surface area contributed by atoms with E-state index >= 15 is 0 Å². The number of ether oxygens (including phenoxy) is 1. The first-order chi connectivity index (χ1) is 9.70. The van der Waals surface area contributed by atoms with Crippen molar-refractivity contribution >= 4 is 25.8 Å². The molecule has 2 N–H and O–H groups in total. The highest BCUT2D eigenvalue weighted by Crippen LogP contribution is 2.25. The van der Waals surface area contributed by atoms with E-state index < -0.39 is 14.2 Å². The van der Waals surface area contributed by atoms with Crippen molar-refractivity contribution in [1.82, 2.24) is 0 Å². The van der Waals surface area contributed by atoms with Gasteiger partial charge in [-0.1, -0.05) is 45.5 Å². The monoisotopic (exact) mass is 336 g/mol. The SMILES string of the molecule is CC(CSCC(O)CO)C(=O)OCCC[Si](C)(C)C(C)C. The van der Waals surface area contributed by atoms with E-state index in [1.807, 2.05) is 6.92 Å². The first-order valence-electron chi connectivity index (χ1n) is 7.74. The molecule has 0 aliphatic heterocycles. The van der Waals surface area contributed by atoms with Gasteiger partial charge in [-0.05, 0) is 6.42 Å². The summed E-state index contributed by atoms with van der Waals surface area (Å²) in [6.45, 7) is 11.4. The van der Waals surface area contributed by atoms with Crippen LogP contribution in [0.15, 0.2) is 0 Å². The molecule has 0 heterocycles. The van der Waals surface area contributed by atoms with Crippen LogP contribution in [-0.4, -0.2) is 55.1 Å². The van der Waals surface area contributed by atoms with Crippen LogP contribution in [0, 0.1) is 5.92 Å². The molecular formula is C15H32O4SSi. The molecule has 0 bridgehead atoms. The lowest BCUT2D eigenvalue weighted by Crippen LogP contribution is -2.29. The van der Waals surface area contributed by atoms with E-state index in [2.05, 4.69) is 26.9 Å². The van der Waals surface area contributed by atoms with Gasteiger partial charge in [0.15, 0.2) is 0 Å². The number of esters is 1. The Morgan fingerprint density at radius 3 is 2.38 bits per heavy atom. The minimum absolute atomic E-state index is 0.162. The second kappa shape index (κ2) is 10.6. The zero-order valence-electron chi connectivity index (χ0n) is 14.1. The van der Waals surface area contributed by atoms with Crippen molar-refractivity contribution < 1.29 is 19.7 Å². The Hall–Kier alpha value is -0.0431. The van der Waals surface area contributed by atoms with Gasteiger partial charge in [0.25, 0.3) is 0 Å². The number of carbonyl (C=O) groups excluding carboxylic acids is 1. The number of thioether (sulfide) groups is 1. The molecule has 0 aromatic carbocycles. The summed E-state index contributed by atoms with van der Waals surface area (Å²) in [6.07, 6.45) is 0.244. The Kier molecular flexibility index (Phi) is 10.6. The average molecular weight is 337 g/mol. The highest BCUT2D eigenvalue weighted by Gasteiger charge is 2.24. The summed E-state index contributed by atoms with van der Waals surface area (Å²) >= 11 is 1.47. The van der Waals surface area contributed by atoms with Crippen molar-refractivity contribution in [3.8, 4) is 0 Å². The van der Waals surface area contributed by atoms with Crippen LogP contribution < -0.4 is 0 Å². The van der Waals surface area contributed by atoms with Gasteiger partial charge in [-0.25, -0.2) is 0 Å². The summed E-state index contributed by atoms with van der Waals surface area (Å²) in [5.74, 6) is 0.728. The Bertz CT molecular complexity index is 297. The fourth-order valence-corrected chi connectivity index (χ4v) is 4.27. The van der Waals surface area contributed by atoms with Crippen molar-refractivity contribution in [3.63, 3.8) is 0 Å². The molecular weight excluding hydrogens is 304 g/mol. The van der Waals surface area contributed by atoms with Gasteiger partial charge >= 0.3 is 5.97 Å². The van der Waals surface area contributed by atoms with Crippen molar-refractivity contribution in [2.24, 2.45) is 5.92 Å². The summed E-state index contributed by atoms with van der Waals surface area (Å²) in [7, 11) is -1.16. The number of hydrogen-bond acceptors (Lipinski definition) is 5. The minimum atomic E-state index is -1.16. The second-order valence-electron chi connectivity index (χ2n) is 6.69. The van der Waals surface area contributed by atoms with Gasteiger partial charge in [0, 0.05) is 11.5 Å². The standard InChI is InChI=1S/C15H32O4SSi/c1-12(2)21(4,5)8-6-7-19-15(18)13(3)10-20-11-14(17)9-16/h12-14,16-17H,6-11H2,1-5H3. The molecule has 0 fully saturated rings. The van der Waals surface area contributed by atoms with Crippen LogP contribution in [-0.2, 0) is 9.53 Å². The summed E-state index contributed by atoms with van der Waals surface area (Å²) in [5.41, 5.74) is 0.751. The van der Waals surface area contributed by atoms with Crippen LogP contribution in [0.3, 0.4) is 0 Å². The highest BCUT2D eigenvalue weighted by atomic mass is 32.2. The minimum Gasteiger partial charge on any atom is -0.465 e. The molecule has 2 atom stereocenters. The Morgan fingerprint density at radius 2 is 1.86 bits per heavy atom. The van der Waals surface area contributed by atoms with Crippen LogP contribution in [0.25, 0.3) is 0 Å². The van der Waals surface area contributed by atoms with Gasteiger partial charge < -0.3 is 14.9 Å². The van der Waals surface area contributed by atoms with E-state index in [1.54, 1.807) is 0 Å². The maximum atomic E-state index is 11.8. The van der Waals surface area contributed by atoms with Crippen LogP contribution >= 0.6 is 11.8 Å². The third kappa shape index (κ3) is 9.55. The zero-order valence-corrected chi connectivity index (χ0v) is 15.9. The third-order valence-corrected chi connectivity index (χ3v) is 10.2. The molecule has 0 saturated carbocycles. The van der Waals surface area contributed by atoms with E-state index in [0.717, 1.165) is 12.0 Å². The normalized spacial score (nSPS) is 15.0. The Labute approximate surface area is 134 Å². The van der Waals surface area contributed by atoms with Crippen molar-refractivity contribution in [1.29, 1.82) is 0 Å². The molecule has 0 aromatic heterocycles. The fraction of sp³-hybridized carbons (Fsp3) is 0.933. The first-order valence-corrected chi connectivity index (χ1v) is 12.2. The number of hydrogen-bond donors (Lipinski definition) is 2. The predicted octanol–water partition coefficient (Wildman–Crippen LogP) is 2.76. The Morgan fingerprint density at radius 1 is 1.24 bits per heavy atom. The number of aliphatic hydroxyl groups is 2. The quantitative estimate of drug-likeness (QED) is 0.345. The summed E-state index contributed by atoms with van der Waals surface area (Å²) in [4.78, 5) is 11.8. The van der Waals surface area contributed by atoms with Crippen molar-refractivity contribution in [2.45, 2.75) is 58.0 Å². The molecule has 126 valence electrons. The van der Waals surface area contributed by atoms with E-state index in [9.17, 15) is 9.90 Å². The van der Waals surface area contributed by atoms with Crippen LogP contribution in [0.2, 0.25) is 24.7 Å². The summed E-state index contributed by atoms with van der Waals surface area (Å²) in [5, 5.41) is 17.9. The molecule has 4 nitrogen and oxygen atoms in total. The molecule has 6 heteroatoms. The molecule has 0 aliphatic rings. The van der Waals surface area contributed by atoms with Crippen molar-refractivity contribution in [3.05, 3.63) is 0 Å². The van der Waals surface area contributed by atoms with Gasteiger partial charge in [-0.2, -0.15) is 11.8 Å². The molecule has 0 aromatic rings. The molecule has 0 spiro atoms. The Balaban J connectivity index is 3.79. The van der Waals surface area contributed by atoms with Crippen molar-refractivity contribution in [2.75, 3.05) is 24.7 Å². The number of rotatable bonds is 11. The molecule has 0 saturated heterocycles. The first kappa shape index (κ1) is 21.0. The zero-order chi connectivity index (χ0) is 16.5. The molecule has 0 rings (SSSR count). The maximum Gasteiger partial charge on any atom is 0.309 e. The maximum absolute atomic E-state index is 11.8. The van der Waals surface area contributed by atoms with E-state index in [-0.39, 0.29) is 18.5 Å². The lowest BCUT2D eigenvalue weighted by molar-refractivity contribution is -0.147. The molecule has 0 aliphatic carbocycles.